The van der Waals surface area contributed by atoms with E-state index in [1.165, 1.54) is 0 Å². The monoisotopic (exact) mass is 283 g/mol. The predicted molar refractivity (Wildman–Crippen MR) is 78.0 cm³/mol. The maximum atomic E-state index is 9.96. The maximum Gasteiger partial charge on any atom is 0.122 e. The van der Waals surface area contributed by atoms with E-state index in [0.717, 1.165) is 16.9 Å². The molecule has 0 amide bonds. The highest BCUT2D eigenvalue weighted by Crippen LogP contribution is 2.19. The van der Waals surface area contributed by atoms with Crippen molar-refractivity contribution in [3.8, 4) is 5.75 Å². The molecule has 114 valence electrons. The largest absolute Gasteiger partial charge is 0.491 e. The molecule has 5 heteroatoms. The van der Waals surface area contributed by atoms with Crippen LogP contribution in [0.4, 0.5) is 0 Å². The summed E-state index contributed by atoms with van der Waals surface area (Å²) in [5.41, 5.74) is 2.15. The van der Waals surface area contributed by atoms with Crippen molar-refractivity contribution in [3.05, 3.63) is 29.3 Å². The van der Waals surface area contributed by atoms with E-state index in [9.17, 15) is 5.11 Å². The van der Waals surface area contributed by atoms with Crippen LogP contribution in [0.15, 0.2) is 18.2 Å². The van der Waals surface area contributed by atoms with Gasteiger partial charge in [0.05, 0.1) is 13.2 Å². The van der Waals surface area contributed by atoms with Crippen molar-refractivity contribution in [1.82, 2.24) is 4.90 Å². The van der Waals surface area contributed by atoms with E-state index < -0.39 is 6.10 Å². The summed E-state index contributed by atoms with van der Waals surface area (Å²) in [5.74, 6) is 0.778. The van der Waals surface area contributed by atoms with Crippen LogP contribution in [0.25, 0.3) is 0 Å². The molecule has 0 aliphatic heterocycles. The molecule has 0 saturated heterocycles. The second-order valence-electron chi connectivity index (χ2n) is 4.98. The fraction of sp³-hybridized carbons (Fsp3) is 0.600. The number of aliphatic hydroxyl groups is 3. The van der Waals surface area contributed by atoms with Crippen molar-refractivity contribution in [2.45, 2.75) is 20.0 Å². The summed E-state index contributed by atoms with van der Waals surface area (Å²) in [7, 11) is 0. The standard InChI is InChI=1S/C15H25NO4/c1-12-3-4-13(2)15(9-12)20-11-14(19)10-16(5-7-17)6-8-18/h3-4,9,14,17-19H,5-8,10-11H2,1-2H3/t14-/m1/s1. The van der Waals surface area contributed by atoms with Gasteiger partial charge in [-0.25, -0.2) is 0 Å². The first-order valence-electron chi connectivity index (χ1n) is 6.89. The third kappa shape index (κ3) is 5.88. The molecule has 0 aliphatic rings. The summed E-state index contributed by atoms with van der Waals surface area (Å²) in [6, 6.07) is 5.95. The number of nitrogens with zero attached hydrogens (tertiary/aromatic N) is 1. The van der Waals surface area contributed by atoms with E-state index >= 15 is 0 Å². The highest BCUT2D eigenvalue weighted by atomic mass is 16.5. The van der Waals surface area contributed by atoms with Crippen molar-refractivity contribution in [2.24, 2.45) is 0 Å². The molecule has 0 bridgehead atoms. The number of aliphatic hydroxyl groups excluding tert-OH is 3. The van der Waals surface area contributed by atoms with Gasteiger partial charge in [-0.05, 0) is 31.0 Å². The van der Waals surface area contributed by atoms with E-state index in [2.05, 4.69) is 0 Å². The van der Waals surface area contributed by atoms with Crippen molar-refractivity contribution >= 4 is 0 Å². The molecule has 0 radical (unpaired) electrons. The molecule has 0 saturated carbocycles. The summed E-state index contributed by atoms with van der Waals surface area (Å²) in [6.45, 7) is 5.39. The first kappa shape index (κ1) is 16.9. The minimum atomic E-state index is -0.659. The van der Waals surface area contributed by atoms with Gasteiger partial charge in [0.15, 0.2) is 0 Å². The molecule has 1 aromatic carbocycles. The average molecular weight is 283 g/mol. The summed E-state index contributed by atoms with van der Waals surface area (Å²) < 4.78 is 5.63. The van der Waals surface area contributed by atoms with Gasteiger partial charge in [-0.2, -0.15) is 0 Å². The number of hydrogen-bond acceptors (Lipinski definition) is 5. The van der Waals surface area contributed by atoms with Crippen LogP contribution in [-0.4, -0.2) is 65.8 Å². The first-order chi connectivity index (χ1) is 9.56. The number of aryl methyl sites for hydroxylation is 2. The highest BCUT2D eigenvalue weighted by molar-refractivity contribution is 5.35. The zero-order valence-electron chi connectivity index (χ0n) is 12.2. The third-order valence-corrected chi connectivity index (χ3v) is 3.08. The number of ether oxygens (including phenoxy) is 1. The molecular formula is C15H25NO4. The van der Waals surface area contributed by atoms with E-state index in [0.29, 0.717) is 19.6 Å². The van der Waals surface area contributed by atoms with Crippen molar-refractivity contribution in [1.29, 1.82) is 0 Å². The topological polar surface area (TPSA) is 73.2 Å². The van der Waals surface area contributed by atoms with E-state index in [1.807, 2.05) is 32.0 Å². The lowest BCUT2D eigenvalue weighted by atomic mass is 10.1. The van der Waals surface area contributed by atoms with Crippen molar-refractivity contribution in [3.63, 3.8) is 0 Å². The van der Waals surface area contributed by atoms with E-state index in [4.69, 9.17) is 14.9 Å². The van der Waals surface area contributed by atoms with Gasteiger partial charge in [-0.15, -0.1) is 0 Å². The number of rotatable bonds is 9. The third-order valence-electron chi connectivity index (χ3n) is 3.08. The highest BCUT2D eigenvalue weighted by Gasteiger charge is 2.12. The van der Waals surface area contributed by atoms with Crippen LogP contribution in [0, 0.1) is 13.8 Å². The average Bonchev–Trinajstić information content (AvgIpc) is 2.40. The second kappa shape index (κ2) is 8.92. The normalized spacial score (nSPS) is 12.7. The maximum absolute atomic E-state index is 9.96. The van der Waals surface area contributed by atoms with Crippen LogP contribution in [-0.2, 0) is 0 Å². The molecule has 0 heterocycles. The predicted octanol–water partition coefficient (Wildman–Crippen LogP) is 0.330. The summed E-state index contributed by atoms with van der Waals surface area (Å²) in [6.07, 6.45) is -0.659. The Morgan fingerprint density at radius 1 is 1.15 bits per heavy atom. The zero-order valence-corrected chi connectivity index (χ0v) is 12.2. The minimum absolute atomic E-state index is 0.00453. The SMILES string of the molecule is Cc1ccc(C)c(OC[C@H](O)CN(CCO)CCO)c1. The number of benzene rings is 1. The Kier molecular flexibility index (Phi) is 7.54. The molecule has 0 unspecified atom stereocenters. The van der Waals surface area contributed by atoms with Gasteiger partial charge in [0, 0.05) is 19.6 Å². The Hall–Kier alpha value is -1.14. The molecule has 0 spiro atoms. The zero-order chi connectivity index (χ0) is 15.0. The van der Waals surface area contributed by atoms with Gasteiger partial charge < -0.3 is 20.1 Å². The molecule has 1 atom stereocenters. The quantitative estimate of drug-likeness (QED) is 0.609. The minimum Gasteiger partial charge on any atom is -0.491 e. The van der Waals surface area contributed by atoms with Gasteiger partial charge in [-0.1, -0.05) is 12.1 Å². The van der Waals surface area contributed by atoms with E-state index in [1.54, 1.807) is 4.90 Å². The van der Waals surface area contributed by atoms with Crippen LogP contribution in [0.2, 0.25) is 0 Å². The fourth-order valence-electron chi connectivity index (χ4n) is 1.98. The lowest BCUT2D eigenvalue weighted by molar-refractivity contribution is 0.0550. The van der Waals surface area contributed by atoms with Gasteiger partial charge in [0.1, 0.15) is 18.5 Å². The molecule has 20 heavy (non-hydrogen) atoms. The van der Waals surface area contributed by atoms with Crippen molar-refractivity contribution < 1.29 is 20.1 Å². The van der Waals surface area contributed by atoms with Crippen molar-refractivity contribution in [2.75, 3.05) is 39.5 Å². The van der Waals surface area contributed by atoms with Gasteiger partial charge in [0.25, 0.3) is 0 Å². The van der Waals surface area contributed by atoms with Crippen LogP contribution in [0.3, 0.4) is 0 Å². The lowest BCUT2D eigenvalue weighted by Crippen LogP contribution is -2.38. The smallest absolute Gasteiger partial charge is 0.122 e. The van der Waals surface area contributed by atoms with Gasteiger partial charge in [-0.3, -0.25) is 4.90 Å². The van der Waals surface area contributed by atoms with Crippen LogP contribution >= 0.6 is 0 Å². The summed E-state index contributed by atoms with van der Waals surface area (Å²) >= 11 is 0. The number of hydrogen-bond donors (Lipinski definition) is 3. The Labute approximate surface area is 120 Å². The van der Waals surface area contributed by atoms with E-state index in [-0.39, 0.29) is 19.8 Å². The van der Waals surface area contributed by atoms with Gasteiger partial charge in [0.2, 0.25) is 0 Å². The Bertz CT molecular complexity index is 391. The molecule has 1 rings (SSSR count). The Morgan fingerprint density at radius 2 is 1.80 bits per heavy atom. The molecule has 0 fully saturated rings. The summed E-state index contributed by atoms with van der Waals surface area (Å²) in [5, 5.41) is 27.8. The summed E-state index contributed by atoms with van der Waals surface area (Å²) in [4.78, 5) is 1.80. The van der Waals surface area contributed by atoms with Crippen LogP contribution in [0.5, 0.6) is 5.75 Å². The Balaban J connectivity index is 2.45. The molecule has 1 aromatic rings. The first-order valence-corrected chi connectivity index (χ1v) is 6.89. The molecular weight excluding hydrogens is 258 g/mol. The lowest BCUT2D eigenvalue weighted by Gasteiger charge is -2.23. The second-order valence-corrected chi connectivity index (χ2v) is 4.98. The van der Waals surface area contributed by atoms with Crippen LogP contribution in [0.1, 0.15) is 11.1 Å². The van der Waals surface area contributed by atoms with Crippen LogP contribution < -0.4 is 4.74 Å². The molecule has 0 aliphatic carbocycles. The molecule has 5 nitrogen and oxygen atoms in total. The fourth-order valence-corrected chi connectivity index (χ4v) is 1.98. The molecule has 0 aromatic heterocycles. The van der Waals surface area contributed by atoms with Gasteiger partial charge >= 0.3 is 0 Å². The Morgan fingerprint density at radius 3 is 2.40 bits per heavy atom. The molecule has 3 N–H and O–H groups in total.